The molecule has 22 heavy (non-hydrogen) atoms. The molecular weight excluding hydrogens is 294 g/mol. The van der Waals surface area contributed by atoms with E-state index in [9.17, 15) is 4.79 Å². The van der Waals surface area contributed by atoms with E-state index in [4.69, 9.17) is 0 Å². The second-order valence-electron chi connectivity index (χ2n) is 5.10. The van der Waals surface area contributed by atoms with Crippen LogP contribution < -0.4 is 5.32 Å². The molecule has 1 atom stereocenters. The molecule has 4 nitrogen and oxygen atoms in total. The fourth-order valence-corrected chi connectivity index (χ4v) is 3.08. The van der Waals surface area contributed by atoms with Gasteiger partial charge in [0, 0.05) is 30.5 Å². The maximum absolute atomic E-state index is 12.4. The van der Waals surface area contributed by atoms with E-state index in [1.54, 1.807) is 6.20 Å². The van der Waals surface area contributed by atoms with E-state index in [1.165, 1.54) is 11.8 Å². The molecule has 0 spiro atoms. The van der Waals surface area contributed by atoms with Crippen molar-refractivity contribution in [2.24, 2.45) is 7.05 Å². The van der Waals surface area contributed by atoms with Crippen molar-refractivity contribution < 1.29 is 4.79 Å². The third-order valence-corrected chi connectivity index (χ3v) is 4.65. The molecule has 0 aliphatic carbocycles. The zero-order chi connectivity index (χ0) is 15.5. The van der Waals surface area contributed by atoms with Gasteiger partial charge < -0.3 is 9.88 Å². The topological polar surface area (TPSA) is 46.9 Å². The summed E-state index contributed by atoms with van der Waals surface area (Å²) in [6.45, 7) is 1.89. The van der Waals surface area contributed by atoms with Crippen molar-refractivity contribution in [3.8, 4) is 0 Å². The summed E-state index contributed by atoms with van der Waals surface area (Å²) in [6, 6.07) is 13.9. The number of benzene rings is 2. The molecule has 0 radical (unpaired) electrons. The Labute approximate surface area is 133 Å². The first-order chi connectivity index (χ1) is 10.6. The number of amides is 1. The van der Waals surface area contributed by atoms with Gasteiger partial charge in [0.1, 0.15) is 0 Å². The molecule has 0 aliphatic rings. The van der Waals surface area contributed by atoms with Crippen molar-refractivity contribution in [3.63, 3.8) is 0 Å². The van der Waals surface area contributed by atoms with Gasteiger partial charge in [-0.15, -0.1) is 0 Å². The van der Waals surface area contributed by atoms with Crippen molar-refractivity contribution in [2.45, 2.75) is 17.3 Å². The Morgan fingerprint density at radius 2 is 2.00 bits per heavy atom. The number of nitrogens with one attached hydrogen (secondary N) is 1. The molecule has 1 N–H and O–H groups in total. The Kier molecular flexibility index (Phi) is 4.15. The Balaban J connectivity index is 1.77. The molecule has 0 fully saturated rings. The zero-order valence-corrected chi connectivity index (χ0v) is 13.3. The SMILES string of the molecule is C[C@H](Sc1nccn1C)C(=O)Nc1cccc2ccccc12. The van der Waals surface area contributed by atoms with Gasteiger partial charge in [-0.2, -0.15) is 0 Å². The molecular formula is C17H17N3OS. The van der Waals surface area contributed by atoms with Gasteiger partial charge in [0.15, 0.2) is 5.16 Å². The normalized spacial score (nSPS) is 12.3. The van der Waals surface area contributed by atoms with Crippen LogP contribution >= 0.6 is 11.8 Å². The third-order valence-electron chi connectivity index (χ3n) is 3.48. The predicted octanol–water partition coefficient (Wildman–Crippen LogP) is 3.69. The first-order valence-electron chi connectivity index (χ1n) is 7.08. The summed E-state index contributed by atoms with van der Waals surface area (Å²) in [5.41, 5.74) is 0.843. The molecule has 5 heteroatoms. The van der Waals surface area contributed by atoms with Crippen LogP contribution in [0.5, 0.6) is 0 Å². The molecule has 1 amide bonds. The molecule has 0 saturated heterocycles. The van der Waals surface area contributed by atoms with E-state index in [0.29, 0.717) is 0 Å². The second kappa shape index (κ2) is 6.23. The van der Waals surface area contributed by atoms with Crippen LogP contribution in [-0.2, 0) is 11.8 Å². The van der Waals surface area contributed by atoms with Crippen LogP contribution in [0.4, 0.5) is 5.69 Å². The van der Waals surface area contributed by atoms with Crippen LogP contribution in [0.1, 0.15) is 6.92 Å². The van der Waals surface area contributed by atoms with Crippen LogP contribution in [0, 0.1) is 0 Å². The average molecular weight is 311 g/mol. The first kappa shape index (κ1) is 14.7. The Morgan fingerprint density at radius 3 is 2.77 bits per heavy atom. The highest BCUT2D eigenvalue weighted by molar-refractivity contribution is 8.00. The molecule has 3 aromatic rings. The lowest BCUT2D eigenvalue weighted by atomic mass is 10.1. The summed E-state index contributed by atoms with van der Waals surface area (Å²) in [7, 11) is 1.92. The number of thioether (sulfide) groups is 1. The van der Waals surface area contributed by atoms with Gasteiger partial charge in [-0.25, -0.2) is 4.98 Å². The minimum Gasteiger partial charge on any atom is -0.329 e. The smallest absolute Gasteiger partial charge is 0.237 e. The summed E-state index contributed by atoms with van der Waals surface area (Å²) in [4.78, 5) is 16.7. The van der Waals surface area contributed by atoms with Gasteiger partial charge in [0.2, 0.25) is 5.91 Å². The van der Waals surface area contributed by atoms with Crippen LogP contribution in [0.3, 0.4) is 0 Å². The fourth-order valence-electron chi connectivity index (χ4n) is 2.25. The molecule has 0 unspecified atom stereocenters. The van der Waals surface area contributed by atoms with Crippen molar-refractivity contribution in [1.82, 2.24) is 9.55 Å². The number of fused-ring (bicyclic) bond motifs is 1. The van der Waals surface area contributed by atoms with Crippen molar-refractivity contribution in [1.29, 1.82) is 0 Å². The maximum atomic E-state index is 12.4. The summed E-state index contributed by atoms with van der Waals surface area (Å²) in [5.74, 6) is -0.0237. The molecule has 1 heterocycles. The fraction of sp³-hybridized carbons (Fsp3) is 0.176. The van der Waals surface area contributed by atoms with Crippen LogP contribution in [0.15, 0.2) is 60.0 Å². The molecule has 0 saturated carbocycles. The van der Waals surface area contributed by atoms with Gasteiger partial charge in [0.25, 0.3) is 0 Å². The minimum atomic E-state index is -0.222. The van der Waals surface area contributed by atoms with Gasteiger partial charge in [-0.05, 0) is 18.4 Å². The third kappa shape index (κ3) is 2.99. The van der Waals surface area contributed by atoms with Crippen LogP contribution in [0.2, 0.25) is 0 Å². The number of anilines is 1. The summed E-state index contributed by atoms with van der Waals surface area (Å²) < 4.78 is 1.91. The van der Waals surface area contributed by atoms with E-state index in [2.05, 4.69) is 10.3 Å². The van der Waals surface area contributed by atoms with E-state index < -0.39 is 0 Å². The van der Waals surface area contributed by atoms with Gasteiger partial charge >= 0.3 is 0 Å². The Bertz CT molecular complexity index is 807. The zero-order valence-electron chi connectivity index (χ0n) is 12.5. The van der Waals surface area contributed by atoms with Gasteiger partial charge in [0.05, 0.1) is 5.25 Å². The van der Waals surface area contributed by atoms with Crippen LogP contribution in [-0.4, -0.2) is 20.7 Å². The lowest BCUT2D eigenvalue weighted by Gasteiger charge is -2.13. The lowest BCUT2D eigenvalue weighted by Crippen LogP contribution is -2.22. The predicted molar refractivity (Wildman–Crippen MR) is 91.1 cm³/mol. The molecule has 3 rings (SSSR count). The number of carbonyl (C=O) groups is 1. The first-order valence-corrected chi connectivity index (χ1v) is 7.96. The number of hydrogen-bond acceptors (Lipinski definition) is 3. The van der Waals surface area contributed by atoms with Gasteiger partial charge in [-0.1, -0.05) is 48.2 Å². The van der Waals surface area contributed by atoms with E-state index >= 15 is 0 Å². The largest absolute Gasteiger partial charge is 0.329 e. The Morgan fingerprint density at radius 1 is 1.23 bits per heavy atom. The maximum Gasteiger partial charge on any atom is 0.237 e. The minimum absolute atomic E-state index is 0.0237. The van der Waals surface area contributed by atoms with Crippen molar-refractivity contribution in [3.05, 3.63) is 54.9 Å². The summed E-state index contributed by atoms with van der Waals surface area (Å²) >= 11 is 1.45. The Hall–Kier alpha value is -2.27. The number of aryl methyl sites for hydroxylation is 1. The second-order valence-corrected chi connectivity index (χ2v) is 6.40. The standard InChI is InChI=1S/C17H17N3OS/c1-12(22-17-18-10-11-20(17)2)16(21)19-15-9-5-7-13-6-3-4-8-14(13)15/h3-12H,1-2H3,(H,19,21)/t12-/m0/s1. The molecule has 1 aromatic heterocycles. The highest BCUT2D eigenvalue weighted by Gasteiger charge is 2.17. The quantitative estimate of drug-likeness (QED) is 0.747. The van der Waals surface area contributed by atoms with E-state index in [-0.39, 0.29) is 11.2 Å². The molecule has 0 bridgehead atoms. The summed E-state index contributed by atoms with van der Waals surface area (Å²) in [6.07, 6.45) is 3.61. The molecule has 112 valence electrons. The highest BCUT2D eigenvalue weighted by atomic mass is 32.2. The monoisotopic (exact) mass is 311 g/mol. The summed E-state index contributed by atoms with van der Waals surface area (Å²) in [5, 5.41) is 5.80. The van der Waals surface area contributed by atoms with E-state index in [0.717, 1.165) is 21.6 Å². The number of carbonyl (C=O) groups excluding carboxylic acids is 1. The average Bonchev–Trinajstić information content (AvgIpc) is 2.93. The highest BCUT2D eigenvalue weighted by Crippen LogP contribution is 2.25. The number of nitrogens with zero attached hydrogens (tertiary/aromatic N) is 2. The number of aromatic nitrogens is 2. The number of imidazole rings is 1. The van der Waals surface area contributed by atoms with E-state index in [1.807, 2.05) is 67.2 Å². The van der Waals surface area contributed by atoms with Crippen molar-refractivity contribution >= 4 is 34.1 Å². The molecule has 0 aliphatic heterocycles. The van der Waals surface area contributed by atoms with Crippen molar-refractivity contribution in [2.75, 3.05) is 5.32 Å². The lowest BCUT2D eigenvalue weighted by molar-refractivity contribution is -0.115. The van der Waals surface area contributed by atoms with Gasteiger partial charge in [-0.3, -0.25) is 4.79 Å². The molecule has 2 aromatic carbocycles. The van der Waals surface area contributed by atoms with Crippen LogP contribution in [0.25, 0.3) is 10.8 Å². The number of rotatable bonds is 4. The number of hydrogen-bond donors (Lipinski definition) is 1.